The molecule has 0 N–H and O–H groups in total. The fourth-order valence-electron chi connectivity index (χ4n) is 3.97. The summed E-state index contributed by atoms with van der Waals surface area (Å²) in [5, 5.41) is 0. The first kappa shape index (κ1) is 20.6. The van der Waals surface area contributed by atoms with Gasteiger partial charge in [-0.05, 0) is 67.3 Å². The molecule has 1 saturated heterocycles. The summed E-state index contributed by atoms with van der Waals surface area (Å²) in [5.74, 6) is -0.203. The lowest BCUT2D eigenvalue weighted by Crippen LogP contribution is -2.61. The van der Waals surface area contributed by atoms with Gasteiger partial charge < -0.3 is 4.90 Å². The number of amides is 2. The van der Waals surface area contributed by atoms with Crippen LogP contribution in [0, 0.1) is 13.8 Å². The molecular formula is C27H26N2O2. The normalized spacial score (nSPS) is 17.3. The van der Waals surface area contributed by atoms with Crippen LogP contribution in [0.4, 0.5) is 11.4 Å². The van der Waals surface area contributed by atoms with Crippen molar-refractivity contribution < 1.29 is 9.59 Å². The highest BCUT2D eigenvalue weighted by atomic mass is 16.2. The van der Waals surface area contributed by atoms with E-state index in [0.717, 1.165) is 33.6 Å². The van der Waals surface area contributed by atoms with Gasteiger partial charge in [-0.3, -0.25) is 14.5 Å². The molecule has 31 heavy (non-hydrogen) atoms. The molecule has 1 heterocycles. The van der Waals surface area contributed by atoms with Crippen LogP contribution < -0.4 is 9.80 Å². The van der Waals surface area contributed by atoms with Crippen molar-refractivity contribution in [2.24, 2.45) is 0 Å². The van der Waals surface area contributed by atoms with Crippen LogP contribution in [0.15, 0.2) is 84.4 Å². The number of para-hydroxylation sites is 1. The van der Waals surface area contributed by atoms with E-state index in [1.165, 1.54) is 0 Å². The molecule has 0 aromatic heterocycles. The van der Waals surface area contributed by atoms with Crippen molar-refractivity contribution in [3.05, 3.63) is 101 Å². The number of aryl methyl sites for hydroxylation is 2. The average Bonchev–Trinajstić information content (AvgIpc) is 2.78. The highest BCUT2D eigenvalue weighted by molar-refractivity contribution is 6.15. The van der Waals surface area contributed by atoms with E-state index in [-0.39, 0.29) is 18.4 Å². The van der Waals surface area contributed by atoms with E-state index in [0.29, 0.717) is 0 Å². The Morgan fingerprint density at radius 1 is 0.839 bits per heavy atom. The molecule has 0 unspecified atom stereocenters. The number of hydrogen-bond acceptors (Lipinski definition) is 2. The van der Waals surface area contributed by atoms with Gasteiger partial charge in [0.25, 0.3) is 5.91 Å². The molecule has 3 aromatic rings. The molecule has 0 spiro atoms. The molecule has 1 aliphatic rings. The summed E-state index contributed by atoms with van der Waals surface area (Å²) >= 11 is 0. The summed E-state index contributed by atoms with van der Waals surface area (Å²) in [7, 11) is 0. The van der Waals surface area contributed by atoms with Crippen LogP contribution in [0.1, 0.15) is 23.6 Å². The molecule has 4 nitrogen and oxygen atoms in total. The van der Waals surface area contributed by atoms with E-state index in [1.807, 2.05) is 106 Å². The van der Waals surface area contributed by atoms with Crippen LogP contribution in [-0.4, -0.2) is 24.4 Å². The largest absolute Gasteiger partial charge is 0.301 e. The number of rotatable bonds is 4. The zero-order valence-electron chi connectivity index (χ0n) is 18.1. The van der Waals surface area contributed by atoms with Gasteiger partial charge in [0.05, 0.1) is 0 Å². The van der Waals surface area contributed by atoms with Crippen LogP contribution in [-0.2, 0) is 9.59 Å². The van der Waals surface area contributed by atoms with Crippen molar-refractivity contribution in [2.45, 2.75) is 26.8 Å². The number of hydrogen-bond donors (Lipinski definition) is 0. The molecular weight excluding hydrogens is 384 g/mol. The lowest BCUT2D eigenvalue weighted by molar-refractivity contribution is -0.127. The number of carbonyl (C=O) groups excluding carboxylic acids is 2. The van der Waals surface area contributed by atoms with E-state index >= 15 is 0 Å². The van der Waals surface area contributed by atoms with Crippen LogP contribution >= 0.6 is 0 Å². The highest BCUT2D eigenvalue weighted by Crippen LogP contribution is 2.30. The SMILES string of the molecule is C/C(=C\c1ccccc1)[C@H]1C(=O)N(c2ccc(C)c(C)c2)CC(=O)N1c1ccccc1. The van der Waals surface area contributed by atoms with Crippen LogP contribution in [0.3, 0.4) is 0 Å². The van der Waals surface area contributed by atoms with Gasteiger partial charge >= 0.3 is 0 Å². The van der Waals surface area contributed by atoms with Crippen molar-refractivity contribution >= 4 is 29.3 Å². The van der Waals surface area contributed by atoms with Crippen molar-refractivity contribution in [1.82, 2.24) is 0 Å². The van der Waals surface area contributed by atoms with Gasteiger partial charge in [-0.2, -0.15) is 0 Å². The molecule has 0 bridgehead atoms. The minimum Gasteiger partial charge on any atom is -0.301 e. The van der Waals surface area contributed by atoms with Gasteiger partial charge in [0.2, 0.25) is 5.91 Å². The summed E-state index contributed by atoms with van der Waals surface area (Å²) in [6.07, 6.45) is 1.98. The molecule has 0 radical (unpaired) electrons. The molecule has 2 amide bonds. The summed E-state index contributed by atoms with van der Waals surface area (Å²) in [6.45, 7) is 5.99. The second kappa shape index (κ2) is 8.60. The highest BCUT2D eigenvalue weighted by Gasteiger charge is 2.41. The zero-order chi connectivity index (χ0) is 22.0. The number of anilines is 2. The van der Waals surface area contributed by atoms with Crippen molar-refractivity contribution in [3.63, 3.8) is 0 Å². The van der Waals surface area contributed by atoms with Gasteiger partial charge in [0, 0.05) is 11.4 Å². The Morgan fingerprint density at radius 2 is 1.48 bits per heavy atom. The van der Waals surface area contributed by atoms with E-state index in [1.54, 1.807) is 9.80 Å². The van der Waals surface area contributed by atoms with E-state index in [4.69, 9.17) is 0 Å². The second-order valence-electron chi connectivity index (χ2n) is 7.99. The second-order valence-corrected chi connectivity index (χ2v) is 7.99. The topological polar surface area (TPSA) is 40.6 Å². The van der Waals surface area contributed by atoms with Crippen LogP contribution in [0.5, 0.6) is 0 Å². The summed E-state index contributed by atoms with van der Waals surface area (Å²) < 4.78 is 0. The maximum Gasteiger partial charge on any atom is 0.254 e. The average molecular weight is 411 g/mol. The van der Waals surface area contributed by atoms with Crippen LogP contribution in [0.2, 0.25) is 0 Å². The molecule has 4 heteroatoms. The predicted molar refractivity (Wildman–Crippen MR) is 126 cm³/mol. The number of benzene rings is 3. The van der Waals surface area contributed by atoms with Gasteiger partial charge in [0.1, 0.15) is 12.6 Å². The molecule has 0 aliphatic carbocycles. The van der Waals surface area contributed by atoms with Gasteiger partial charge in [-0.25, -0.2) is 0 Å². The summed E-state index contributed by atoms with van der Waals surface area (Å²) in [5.41, 5.74) is 5.55. The lowest BCUT2D eigenvalue weighted by Gasteiger charge is -2.41. The smallest absolute Gasteiger partial charge is 0.254 e. The van der Waals surface area contributed by atoms with E-state index in [9.17, 15) is 9.59 Å². The third-order valence-electron chi connectivity index (χ3n) is 5.78. The summed E-state index contributed by atoms with van der Waals surface area (Å²) in [4.78, 5) is 30.4. The zero-order valence-corrected chi connectivity index (χ0v) is 18.1. The molecule has 0 saturated carbocycles. The minimum absolute atomic E-state index is 0.0192. The summed E-state index contributed by atoms with van der Waals surface area (Å²) in [6, 6.07) is 24.5. The first-order chi connectivity index (χ1) is 15.0. The monoisotopic (exact) mass is 410 g/mol. The standard InChI is InChI=1S/C27H26N2O2/c1-19-14-15-24(17-20(19)2)28-18-25(30)29(23-12-8-5-9-13-23)26(27(28)31)21(3)16-22-10-6-4-7-11-22/h4-17,26H,18H2,1-3H3/b21-16+/t26-/m0/s1. The molecule has 1 aliphatic heterocycles. The van der Waals surface area contributed by atoms with Gasteiger partial charge in [-0.1, -0.05) is 60.7 Å². The lowest BCUT2D eigenvalue weighted by atomic mass is 9.98. The Labute approximate surface area is 183 Å². The number of carbonyl (C=O) groups is 2. The molecule has 1 fully saturated rings. The van der Waals surface area contributed by atoms with Crippen molar-refractivity contribution in [3.8, 4) is 0 Å². The third kappa shape index (κ3) is 4.15. The first-order valence-corrected chi connectivity index (χ1v) is 10.4. The van der Waals surface area contributed by atoms with Crippen molar-refractivity contribution in [1.29, 1.82) is 0 Å². The Kier molecular flexibility index (Phi) is 5.72. The Hall–Kier alpha value is -3.66. The Balaban J connectivity index is 1.79. The Bertz CT molecular complexity index is 1140. The van der Waals surface area contributed by atoms with E-state index < -0.39 is 6.04 Å². The molecule has 1 atom stereocenters. The predicted octanol–water partition coefficient (Wildman–Crippen LogP) is 5.16. The Morgan fingerprint density at radius 3 is 2.13 bits per heavy atom. The maximum absolute atomic E-state index is 13.8. The van der Waals surface area contributed by atoms with E-state index in [2.05, 4.69) is 0 Å². The van der Waals surface area contributed by atoms with Crippen LogP contribution in [0.25, 0.3) is 6.08 Å². The molecule has 156 valence electrons. The molecule has 4 rings (SSSR count). The maximum atomic E-state index is 13.8. The quantitative estimate of drug-likeness (QED) is 0.596. The van der Waals surface area contributed by atoms with Gasteiger partial charge in [-0.15, -0.1) is 0 Å². The van der Waals surface area contributed by atoms with Crippen molar-refractivity contribution in [2.75, 3.05) is 16.3 Å². The first-order valence-electron chi connectivity index (χ1n) is 10.4. The minimum atomic E-state index is -0.703. The molecule has 3 aromatic carbocycles. The fourth-order valence-corrected chi connectivity index (χ4v) is 3.97. The fraction of sp³-hybridized carbons (Fsp3) is 0.185. The van der Waals surface area contributed by atoms with Gasteiger partial charge in [0.15, 0.2) is 0 Å². The third-order valence-corrected chi connectivity index (χ3v) is 5.78. The number of piperazine rings is 1. The number of nitrogens with zero attached hydrogens (tertiary/aromatic N) is 2.